The van der Waals surface area contributed by atoms with Crippen molar-refractivity contribution in [1.82, 2.24) is 25.5 Å². The standard InChI is InChI=1S/C15H17N5O2/c1-3-7-16-12(4-2)15-17-18-19-20(15)11-5-6-13-14(10-11)22-9-8-21-13/h1,5-6,10,12,16H,4,7-9H2,2H3. The first-order chi connectivity index (χ1) is 10.8. The van der Waals surface area contributed by atoms with E-state index in [1.807, 2.05) is 18.2 Å². The topological polar surface area (TPSA) is 74.1 Å². The lowest BCUT2D eigenvalue weighted by atomic mass is 10.2. The van der Waals surface area contributed by atoms with Crippen LogP contribution in [0.5, 0.6) is 11.5 Å². The number of fused-ring (bicyclic) bond motifs is 1. The molecule has 0 bridgehead atoms. The Bertz CT molecular complexity index is 691. The number of hydrogen-bond donors (Lipinski definition) is 1. The van der Waals surface area contributed by atoms with Crippen LogP contribution in [0, 0.1) is 12.3 Å². The van der Waals surface area contributed by atoms with Gasteiger partial charge in [0.25, 0.3) is 0 Å². The van der Waals surface area contributed by atoms with E-state index >= 15 is 0 Å². The van der Waals surface area contributed by atoms with Crippen molar-refractivity contribution in [2.75, 3.05) is 19.8 Å². The summed E-state index contributed by atoms with van der Waals surface area (Å²) in [5, 5.41) is 15.2. The summed E-state index contributed by atoms with van der Waals surface area (Å²) in [5.74, 6) is 4.73. The molecule has 1 aliphatic rings. The number of tetrazole rings is 1. The predicted octanol–water partition coefficient (Wildman–Crippen LogP) is 1.11. The largest absolute Gasteiger partial charge is 0.486 e. The maximum atomic E-state index is 5.60. The van der Waals surface area contributed by atoms with Gasteiger partial charge in [0, 0.05) is 6.07 Å². The van der Waals surface area contributed by atoms with Gasteiger partial charge in [-0.15, -0.1) is 11.5 Å². The molecule has 114 valence electrons. The zero-order valence-electron chi connectivity index (χ0n) is 12.3. The molecule has 0 aliphatic carbocycles. The Balaban J connectivity index is 1.92. The molecule has 22 heavy (non-hydrogen) atoms. The lowest BCUT2D eigenvalue weighted by molar-refractivity contribution is 0.171. The number of benzene rings is 1. The van der Waals surface area contributed by atoms with Gasteiger partial charge in [-0.2, -0.15) is 4.68 Å². The van der Waals surface area contributed by atoms with Crippen molar-refractivity contribution >= 4 is 0 Å². The maximum Gasteiger partial charge on any atom is 0.173 e. The number of rotatable bonds is 5. The van der Waals surface area contributed by atoms with Gasteiger partial charge in [-0.3, -0.25) is 5.32 Å². The van der Waals surface area contributed by atoms with Crippen LogP contribution in [-0.4, -0.2) is 40.0 Å². The molecule has 7 heteroatoms. The summed E-state index contributed by atoms with van der Waals surface area (Å²) in [7, 11) is 0. The highest BCUT2D eigenvalue weighted by atomic mass is 16.6. The first-order valence-electron chi connectivity index (χ1n) is 7.18. The molecule has 1 aliphatic heterocycles. The van der Waals surface area contributed by atoms with Crippen LogP contribution in [0.3, 0.4) is 0 Å². The van der Waals surface area contributed by atoms with Crippen LogP contribution < -0.4 is 14.8 Å². The smallest absolute Gasteiger partial charge is 0.173 e. The minimum absolute atomic E-state index is 0.0146. The van der Waals surface area contributed by atoms with E-state index in [4.69, 9.17) is 15.9 Å². The monoisotopic (exact) mass is 299 g/mol. The van der Waals surface area contributed by atoms with Crippen LogP contribution in [-0.2, 0) is 0 Å². The molecule has 2 aromatic rings. The zero-order valence-corrected chi connectivity index (χ0v) is 12.3. The van der Waals surface area contributed by atoms with E-state index in [9.17, 15) is 0 Å². The molecule has 0 saturated heterocycles. The summed E-state index contributed by atoms with van der Waals surface area (Å²) in [6.45, 7) is 3.63. The lowest BCUT2D eigenvalue weighted by Gasteiger charge is -2.19. The summed E-state index contributed by atoms with van der Waals surface area (Å²) < 4.78 is 12.8. The van der Waals surface area contributed by atoms with Crippen LogP contribution in [0.15, 0.2) is 18.2 Å². The molecule has 1 N–H and O–H groups in total. The van der Waals surface area contributed by atoms with Crippen LogP contribution in [0.4, 0.5) is 0 Å². The number of ether oxygens (including phenoxy) is 2. The maximum absolute atomic E-state index is 5.60. The molecule has 0 radical (unpaired) electrons. The highest BCUT2D eigenvalue weighted by Crippen LogP contribution is 2.32. The van der Waals surface area contributed by atoms with E-state index < -0.39 is 0 Å². The average molecular weight is 299 g/mol. The summed E-state index contributed by atoms with van der Waals surface area (Å²) in [4.78, 5) is 0. The Morgan fingerprint density at radius 3 is 2.95 bits per heavy atom. The van der Waals surface area contributed by atoms with Gasteiger partial charge < -0.3 is 9.47 Å². The number of terminal acetylenes is 1. The average Bonchev–Trinajstić information content (AvgIpc) is 3.05. The molecule has 1 aromatic carbocycles. The fourth-order valence-corrected chi connectivity index (χ4v) is 2.36. The van der Waals surface area contributed by atoms with Crippen LogP contribution in [0.25, 0.3) is 5.69 Å². The Hall–Kier alpha value is -2.59. The van der Waals surface area contributed by atoms with E-state index in [1.165, 1.54) is 0 Å². The summed E-state index contributed by atoms with van der Waals surface area (Å²) in [6.07, 6.45) is 6.13. The summed E-state index contributed by atoms with van der Waals surface area (Å²) >= 11 is 0. The predicted molar refractivity (Wildman–Crippen MR) is 80.0 cm³/mol. The highest BCUT2D eigenvalue weighted by Gasteiger charge is 2.19. The van der Waals surface area contributed by atoms with Crippen LogP contribution in [0.2, 0.25) is 0 Å². The Morgan fingerprint density at radius 2 is 2.18 bits per heavy atom. The number of nitrogens with zero attached hydrogens (tertiary/aromatic N) is 4. The van der Waals surface area contributed by atoms with Gasteiger partial charge in [0.1, 0.15) is 13.2 Å². The molecule has 0 amide bonds. The van der Waals surface area contributed by atoms with Crippen molar-refractivity contribution in [3.8, 4) is 29.5 Å². The van der Waals surface area contributed by atoms with Gasteiger partial charge in [-0.1, -0.05) is 12.8 Å². The minimum atomic E-state index is -0.0146. The number of hydrogen-bond acceptors (Lipinski definition) is 6. The third kappa shape index (κ3) is 2.73. The van der Waals surface area contributed by atoms with Gasteiger partial charge in [-0.05, 0) is 29.0 Å². The molecule has 1 aromatic heterocycles. The lowest BCUT2D eigenvalue weighted by Crippen LogP contribution is -2.24. The Kier molecular flexibility index (Phi) is 4.21. The fraction of sp³-hybridized carbons (Fsp3) is 0.400. The van der Waals surface area contributed by atoms with E-state index in [-0.39, 0.29) is 6.04 Å². The minimum Gasteiger partial charge on any atom is -0.486 e. The van der Waals surface area contributed by atoms with E-state index in [0.29, 0.717) is 25.5 Å². The molecular weight excluding hydrogens is 282 g/mol. The second-order valence-electron chi connectivity index (χ2n) is 4.82. The molecule has 2 heterocycles. The molecule has 7 nitrogen and oxygen atoms in total. The molecule has 0 spiro atoms. The van der Waals surface area contributed by atoms with E-state index in [2.05, 4.69) is 33.7 Å². The van der Waals surface area contributed by atoms with Crippen molar-refractivity contribution in [3.05, 3.63) is 24.0 Å². The third-order valence-electron chi connectivity index (χ3n) is 3.43. The van der Waals surface area contributed by atoms with E-state index in [1.54, 1.807) is 4.68 Å². The third-order valence-corrected chi connectivity index (χ3v) is 3.43. The summed E-state index contributed by atoms with van der Waals surface area (Å²) in [5.41, 5.74) is 0.824. The Morgan fingerprint density at radius 1 is 1.36 bits per heavy atom. The van der Waals surface area contributed by atoms with Gasteiger partial charge in [0.2, 0.25) is 0 Å². The highest BCUT2D eigenvalue weighted by molar-refractivity contribution is 5.49. The Labute approximate surface area is 128 Å². The SMILES string of the molecule is C#CCNC(CC)c1nnnn1-c1ccc2c(c1)OCCO2. The first kappa shape index (κ1) is 14.4. The van der Waals surface area contributed by atoms with Gasteiger partial charge in [-0.25, -0.2) is 0 Å². The van der Waals surface area contributed by atoms with Crippen molar-refractivity contribution in [3.63, 3.8) is 0 Å². The second-order valence-corrected chi connectivity index (χ2v) is 4.82. The second kappa shape index (κ2) is 6.45. The van der Waals surface area contributed by atoms with Crippen LogP contribution in [0.1, 0.15) is 25.2 Å². The fourth-order valence-electron chi connectivity index (χ4n) is 2.36. The normalized spacial score (nSPS) is 14.4. The number of nitrogens with one attached hydrogen (secondary N) is 1. The molecule has 3 rings (SSSR count). The van der Waals surface area contributed by atoms with Crippen LogP contribution >= 0.6 is 0 Å². The van der Waals surface area contributed by atoms with Crippen molar-refractivity contribution in [1.29, 1.82) is 0 Å². The van der Waals surface area contributed by atoms with E-state index in [0.717, 1.165) is 23.7 Å². The molecule has 1 atom stereocenters. The van der Waals surface area contributed by atoms with Crippen molar-refractivity contribution in [2.45, 2.75) is 19.4 Å². The molecule has 0 fully saturated rings. The molecule has 0 saturated carbocycles. The quantitative estimate of drug-likeness (QED) is 0.834. The van der Waals surface area contributed by atoms with Gasteiger partial charge in [0.05, 0.1) is 18.3 Å². The van der Waals surface area contributed by atoms with Gasteiger partial charge in [0.15, 0.2) is 17.3 Å². The zero-order chi connectivity index (χ0) is 15.4. The molecule has 1 unspecified atom stereocenters. The van der Waals surface area contributed by atoms with Crippen molar-refractivity contribution < 1.29 is 9.47 Å². The number of aromatic nitrogens is 4. The molecular formula is C15H17N5O2. The van der Waals surface area contributed by atoms with Crippen molar-refractivity contribution in [2.24, 2.45) is 0 Å². The summed E-state index contributed by atoms with van der Waals surface area (Å²) in [6, 6.07) is 5.63. The first-order valence-corrected chi connectivity index (χ1v) is 7.18. The van der Waals surface area contributed by atoms with Gasteiger partial charge >= 0.3 is 0 Å².